The van der Waals surface area contributed by atoms with Crippen LogP contribution in [0.25, 0.3) is 0 Å². The molecule has 2 aromatic rings. The number of likely N-dealkylation sites (tertiary alicyclic amines) is 1. The minimum Gasteiger partial charge on any atom is -0.303 e. The fourth-order valence-corrected chi connectivity index (χ4v) is 4.73. The number of nitrogens with zero attached hydrogens (tertiary/aromatic N) is 1. The van der Waals surface area contributed by atoms with E-state index < -0.39 is 11.7 Å². The van der Waals surface area contributed by atoms with Gasteiger partial charge in [0.25, 0.3) is 0 Å². The highest BCUT2D eigenvalue weighted by atomic mass is 19.4. The van der Waals surface area contributed by atoms with Gasteiger partial charge in [-0.15, -0.1) is 0 Å². The second kappa shape index (κ2) is 7.90. The standard InChI is InChI=1S/C23H23F4NO/c24-19-9-5-16(6-10-19)22(29)2-1-11-28-13-17-12-20(21(17)14-28)15-3-7-18(8-4-15)23(25,26)27/h3-10,17,20-21H,1-2,11-14H2. The number of Topliss-reactive ketones (excluding diaryl/α,β-unsaturated/α-hetero) is 1. The molecule has 2 aromatic carbocycles. The summed E-state index contributed by atoms with van der Waals surface area (Å²) in [6, 6.07) is 11.2. The molecule has 3 atom stereocenters. The maximum Gasteiger partial charge on any atom is 0.416 e. The third kappa shape index (κ3) is 4.37. The van der Waals surface area contributed by atoms with Gasteiger partial charge in [-0.05, 0) is 79.1 Å². The molecular formula is C23H23F4NO. The van der Waals surface area contributed by atoms with E-state index in [0.29, 0.717) is 29.7 Å². The zero-order valence-corrected chi connectivity index (χ0v) is 16.0. The summed E-state index contributed by atoms with van der Waals surface area (Å²) < 4.78 is 51.2. The van der Waals surface area contributed by atoms with E-state index in [-0.39, 0.29) is 11.6 Å². The SMILES string of the molecule is O=C(CCCN1CC2CC(c3ccc(C(F)(F)F)cc3)C2C1)c1ccc(F)cc1. The molecule has 1 saturated heterocycles. The second-order valence-electron chi connectivity index (χ2n) is 8.18. The number of halogens is 4. The number of benzene rings is 2. The molecule has 1 saturated carbocycles. The van der Waals surface area contributed by atoms with E-state index in [2.05, 4.69) is 4.90 Å². The van der Waals surface area contributed by atoms with Crippen LogP contribution in [0.5, 0.6) is 0 Å². The average Bonchev–Trinajstić information content (AvgIpc) is 2.98. The maximum absolute atomic E-state index is 12.9. The van der Waals surface area contributed by atoms with Crippen LogP contribution < -0.4 is 0 Å². The molecule has 154 valence electrons. The van der Waals surface area contributed by atoms with E-state index >= 15 is 0 Å². The van der Waals surface area contributed by atoms with Gasteiger partial charge in [0.05, 0.1) is 5.56 Å². The first-order chi connectivity index (χ1) is 13.8. The highest BCUT2D eigenvalue weighted by Gasteiger charge is 2.47. The summed E-state index contributed by atoms with van der Waals surface area (Å²) in [4.78, 5) is 14.5. The van der Waals surface area contributed by atoms with Gasteiger partial charge >= 0.3 is 6.18 Å². The quantitative estimate of drug-likeness (QED) is 0.464. The van der Waals surface area contributed by atoms with Crippen molar-refractivity contribution in [2.24, 2.45) is 11.8 Å². The highest BCUT2D eigenvalue weighted by Crippen LogP contribution is 2.51. The largest absolute Gasteiger partial charge is 0.416 e. The van der Waals surface area contributed by atoms with Crippen LogP contribution in [0.2, 0.25) is 0 Å². The first-order valence-electron chi connectivity index (χ1n) is 9.99. The Balaban J connectivity index is 1.25. The number of carbonyl (C=O) groups is 1. The molecular weight excluding hydrogens is 382 g/mol. The first kappa shape index (κ1) is 20.1. The number of carbonyl (C=O) groups excluding carboxylic acids is 1. The molecule has 0 bridgehead atoms. The van der Waals surface area contributed by atoms with Crippen molar-refractivity contribution >= 4 is 5.78 Å². The van der Waals surface area contributed by atoms with Gasteiger partial charge < -0.3 is 4.90 Å². The Bertz CT molecular complexity index is 860. The highest BCUT2D eigenvalue weighted by molar-refractivity contribution is 5.95. The molecule has 3 unspecified atom stereocenters. The molecule has 2 fully saturated rings. The van der Waals surface area contributed by atoms with E-state index in [4.69, 9.17) is 0 Å². The third-order valence-electron chi connectivity index (χ3n) is 6.35. The lowest BCUT2D eigenvalue weighted by Gasteiger charge is -2.40. The van der Waals surface area contributed by atoms with Crippen molar-refractivity contribution in [2.45, 2.75) is 31.4 Å². The van der Waals surface area contributed by atoms with Gasteiger partial charge in [-0.25, -0.2) is 4.39 Å². The van der Waals surface area contributed by atoms with Crippen LogP contribution in [0.15, 0.2) is 48.5 Å². The first-order valence-corrected chi connectivity index (χ1v) is 9.99. The van der Waals surface area contributed by atoms with Crippen LogP contribution in [0.4, 0.5) is 17.6 Å². The monoisotopic (exact) mass is 405 g/mol. The second-order valence-corrected chi connectivity index (χ2v) is 8.18. The van der Waals surface area contributed by atoms with Crippen molar-refractivity contribution in [3.05, 3.63) is 71.0 Å². The fraction of sp³-hybridized carbons (Fsp3) is 0.435. The van der Waals surface area contributed by atoms with Gasteiger partial charge in [-0.2, -0.15) is 13.2 Å². The summed E-state index contributed by atoms with van der Waals surface area (Å²) in [6.07, 6.45) is -2.10. The van der Waals surface area contributed by atoms with Crippen LogP contribution in [-0.4, -0.2) is 30.3 Å². The molecule has 2 aliphatic rings. The summed E-state index contributed by atoms with van der Waals surface area (Å²) in [5.41, 5.74) is 0.929. The van der Waals surface area contributed by atoms with Gasteiger partial charge in [-0.3, -0.25) is 4.79 Å². The van der Waals surface area contributed by atoms with Crippen LogP contribution in [0, 0.1) is 17.7 Å². The molecule has 0 aromatic heterocycles. The van der Waals surface area contributed by atoms with Crippen molar-refractivity contribution in [3.63, 3.8) is 0 Å². The molecule has 1 aliphatic carbocycles. The van der Waals surface area contributed by atoms with E-state index in [9.17, 15) is 22.4 Å². The lowest BCUT2D eigenvalue weighted by molar-refractivity contribution is -0.137. The van der Waals surface area contributed by atoms with Crippen molar-refractivity contribution in [1.29, 1.82) is 0 Å². The zero-order chi connectivity index (χ0) is 20.6. The van der Waals surface area contributed by atoms with Crippen LogP contribution in [0.3, 0.4) is 0 Å². The molecule has 4 rings (SSSR count). The topological polar surface area (TPSA) is 20.3 Å². The van der Waals surface area contributed by atoms with Crippen LogP contribution in [-0.2, 0) is 6.18 Å². The van der Waals surface area contributed by atoms with Gasteiger partial charge in [0.1, 0.15) is 5.82 Å². The smallest absolute Gasteiger partial charge is 0.303 e. The summed E-state index contributed by atoms with van der Waals surface area (Å²) in [6.45, 7) is 2.76. The Hall–Kier alpha value is -2.21. The fourth-order valence-electron chi connectivity index (χ4n) is 4.73. The number of rotatable bonds is 6. The Labute approximate surface area is 167 Å². The number of hydrogen-bond acceptors (Lipinski definition) is 2. The number of fused-ring (bicyclic) bond motifs is 1. The Morgan fingerprint density at radius 2 is 1.69 bits per heavy atom. The van der Waals surface area contributed by atoms with Gasteiger partial charge in [0, 0.05) is 25.1 Å². The predicted molar refractivity (Wildman–Crippen MR) is 102 cm³/mol. The van der Waals surface area contributed by atoms with E-state index in [1.54, 1.807) is 12.1 Å². The number of alkyl halides is 3. The number of ketones is 1. The minimum atomic E-state index is -4.30. The normalized spacial score (nSPS) is 24.2. The van der Waals surface area contributed by atoms with Crippen molar-refractivity contribution < 1.29 is 22.4 Å². The molecule has 2 nitrogen and oxygen atoms in total. The van der Waals surface area contributed by atoms with E-state index in [0.717, 1.165) is 38.0 Å². The van der Waals surface area contributed by atoms with Gasteiger partial charge in [0.15, 0.2) is 5.78 Å². The number of hydrogen-bond donors (Lipinski definition) is 0. The molecule has 0 spiro atoms. The maximum atomic E-state index is 12.9. The molecule has 29 heavy (non-hydrogen) atoms. The molecule has 1 aliphatic heterocycles. The van der Waals surface area contributed by atoms with Crippen molar-refractivity contribution in [3.8, 4) is 0 Å². The van der Waals surface area contributed by atoms with Crippen molar-refractivity contribution in [2.75, 3.05) is 19.6 Å². The molecule has 6 heteroatoms. The van der Waals surface area contributed by atoms with Gasteiger partial charge in [-0.1, -0.05) is 12.1 Å². The molecule has 0 radical (unpaired) electrons. The third-order valence-corrected chi connectivity index (χ3v) is 6.35. The summed E-state index contributed by atoms with van der Waals surface area (Å²) in [7, 11) is 0. The van der Waals surface area contributed by atoms with E-state index in [1.807, 2.05) is 0 Å². The molecule has 1 heterocycles. The Morgan fingerprint density at radius 3 is 2.34 bits per heavy atom. The lowest BCUT2D eigenvalue weighted by Crippen LogP contribution is -2.33. The minimum absolute atomic E-state index is 0.0230. The Morgan fingerprint density at radius 1 is 1.00 bits per heavy atom. The van der Waals surface area contributed by atoms with E-state index in [1.165, 1.54) is 36.4 Å². The van der Waals surface area contributed by atoms with Gasteiger partial charge in [0.2, 0.25) is 0 Å². The molecule has 0 N–H and O–H groups in total. The Kier molecular flexibility index (Phi) is 5.47. The lowest BCUT2D eigenvalue weighted by atomic mass is 9.64. The summed E-state index contributed by atoms with van der Waals surface area (Å²) >= 11 is 0. The zero-order valence-electron chi connectivity index (χ0n) is 16.0. The van der Waals surface area contributed by atoms with Crippen molar-refractivity contribution in [1.82, 2.24) is 4.90 Å². The summed E-state index contributed by atoms with van der Waals surface area (Å²) in [5, 5.41) is 0. The van der Waals surface area contributed by atoms with Crippen LogP contribution in [0.1, 0.15) is 46.7 Å². The van der Waals surface area contributed by atoms with Crippen LogP contribution >= 0.6 is 0 Å². The summed E-state index contributed by atoms with van der Waals surface area (Å²) in [5.74, 6) is 1.08. The molecule has 0 amide bonds. The average molecular weight is 405 g/mol. The predicted octanol–water partition coefficient (Wildman–Crippen LogP) is 5.54.